The van der Waals surface area contributed by atoms with Crippen molar-refractivity contribution in [2.24, 2.45) is 5.73 Å². The second-order valence-electron chi connectivity index (χ2n) is 4.66. The minimum atomic E-state index is -0.196. The molecule has 21 heavy (non-hydrogen) atoms. The molecule has 0 aliphatic carbocycles. The molecular weight excluding hydrogens is 266 g/mol. The third-order valence-electron chi connectivity index (χ3n) is 2.98. The molecule has 110 valence electrons. The molecule has 0 aliphatic rings. The summed E-state index contributed by atoms with van der Waals surface area (Å²) in [5, 5.41) is 2.84. The van der Waals surface area contributed by atoms with Crippen LogP contribution in [0.25, 0.3) is 0 Å². The SMILES string of the molecule is CCOc1ccc(NC(=O)c2cncc(C)c2)cc1CN. The molecule has 1 aromatic heterocycles. The van der Waals surface area contributed by atoms with Gasteiger partial charge < -0.3 is 15.8 Å². The van der Waals surface area contributed by atoms with Gasteiger partial charge in [0.2, 0.25) is 0 Å². The predicted molar refractivity (Wildman–Crippen MR) is 82.4 cm³/mol. The number of benzene rings is 1. The lowest BCUT2D eigenvalue weighted by Gasteiger charge is -2.11. The number of ether oxygens (including phenoxy) is 1. The topological polar surface area (TPSA) is 77.2 Å². The molecular formula is C16H19N3O2. The van der Waals surface area contributed by atoms with Gasteiger partial charge >= 0.3 is 0 Å². The zero-order valence-corrected chi connectivity index (χ0v) is 12.2. The van der Waals surface area contributed by atoms with Crippen LogP contribution < -0.4 is 15.8 Å². The summed E-state index contributed by atoms with van der Waals surface area (Å²) in [6, 6.07) is 7.23. The van der Waals surface area contributed by atoms with Gasteiger partial charge in [-0.1, -0.05) is 0 Å². The Balaban J connectivity index is 2.17. The van der Waals surface area contributed by atoms with Crippen LogP contribution in [0.15, 0.2) is 36.7 Å². The summed E-state index contributed by atoms with van der Waals surface area (Å²) in [4.78, 5) is 16.2. The lowest BCUT2D eigenvalue weighted by molar-refractivity contribution is 0.102. The van der Waals surface area contributed by atoms with Crippen molar-refractivity contribution in [3.05, 3.63) is 53.3 Å². The minimum Gasteiger partial charge on any atom is -0.494 e. The Labute approximate surface area is 124 Å². The number of rotatable bonds is 5. The lowest BCUT2D eigenvalue weighted by Crippen LogP contribution is -2.13. The molecule has 2 aromatic rings. The smallest absolute Gasteiger partial charge is 0.257 e. The fourth-order valence-corrected chi connectivity index (χ4v) is 2.00. The van der Waals surface area contributed by atoms with E-state index in [0.717, 1.165) is 16.9 Å². The number of pyridine rings is 1. The molecule has 1 aromatic carbocycles. The number of nitrogens with zero attached hydrogens (tertiary/aromatic N) is 1. The van der Waals surface area contributed by atoms with E-state index in [4.69, 9.17) is 10.5 Å². The van der Waals surface area contributed by atoms with E-state index in [1.54, 1.807) is 24.5 Å². The molecule has 0 spiro atoms. The van der Waals surface area contributed by atoms with Gasteiger partial charge in [0.25, 0.3) is 5.91 Å². The quantitative estimate of drug-likeness (QED) is 0.885. The van der Waals surface area contributed by atoms with Crippen LogP contribution in [0.4, 0.5) is 5.69 Å². The van der Waals surface area contributed by atoms with E-state index in [0.29, 0.717) is 24.4 Å². The summed E-state index contributed by atoms with van der Waals surface area (Å²) in [5.41, 5.74) is 8.72. The van der Waals surface area contributed by atoms with Gasteiger partial charge in [-0.25, -0.2) is 0 Å². The number of aryl methyl sites for hydroxylation is 1. The van der Waals surface area contributed by atoms with Crippen LogP contribution in [0, 0.1) is 6.92 Å². The highest BCUT2D eigenvalue weighted by atomic mass is 16.5. The Morgan fingerprint density at radius 3 is 2.81 bits per heavy atom. The summed E-state index contributed by atoms with van der Waals surface area (Å²) in [6.45, 7) is 4.74. The molecule has 0 radical (unpaired) electrons. The molecule has 0 aliphatic heterocycles. The van der Waals surface area contributed by atoms with Gasteiger partial charge in [0.05, 0.1) is 12.2 Å². The molecule has 0 bridgehead atoms. The van der Waals surface area contributed by atoms with Gasteiger partial charge in [-0.3, -0.25) is 9.78 Å². The third-order valence-corrected chi connectivity index (χ3v) is 2.98. The number of nitrogens with two attached hydrogens (primary N) is 1. The van der Waals surface area contributed by atoms with Gasteiger partial charge in [-0.05, 0) is 43.7 Å². The zero-order chi connectivity index (χ0) is 15.2. The second kappa shape index (κ2) is 6.85. The van der Waals surface area contributed by atoms with Crippen molar-refractivity contribution in [2.45, 2.75) is 20.4 Å². The highest BCUT2D eigenvalue weighted by molar-refractivity contribution is 6.04. The number of nitrogens with one attached hydrogen (secondary N) is 1. The molecule has 1 heterocycles. The highest BCUT2D eigenvalue weighted by Gasteiger charge is 2.09. The van der Waals surface area contributed by atoms with Crippen LogP contribution in [-0.2, 0) is 6.54 Å². The molecule has 0 saturated carbocycles. The molecule has 0 fully saturated rings. The number of hydrogen-bond acceptors (Lipinski definition) is 4. The maximum atomic E-state index is 12.2. The molecule has 0 atom stereocenters. The van der Waals surface area contributed by atoms with Crippen molar-refractivity contribution < 1.29 is 9.53 Å². The first-order valence-electron chi connectivity index (χ1n) is 6.82. The van der Waals surface area contributed by atoms with E-state index in [2.05, 4.69) is 10.3 Å². The predicted octanol–water partition coefficient (Wildman–Crippen LogP) is 2.50. The van der Waals surface area contributed by atoms with Crippen molar-refractivity contribution in [1.82, 2.24) is 4.98 Å². The van der Waals surface area contributed by atoms with Crippen LogP contribution in [0.5, 0.6) is 5.75 Å². The number of carbonyl (C=O) groups excluding carboxylic acids is 1. The first kappa shape index (κ1) is 15.0. The molecule has 3 N–H and O–H groups in total. The summed E-state index contributed by atoms with van der Waals surface area (Å²) in [5.74, 6) is 0.550. The molecule has 0 saturated heterocycles. The molecule has 5 heteroatoms. The molecule has 1 amide bonds. The van der Waals surface area contributed by atoms with Gasteiger partial charge in [0, 0.05) is 30.2 Å². The average molecular weight is 285 g/mol. The Hall–Kier alpha value is -2.40. The fraction of sp³-hybridized carbons (Fsp3) is 0.250. The summed E-state index contributed by atoms with van der Waals surface area (Å²) >= 11 is 0. The van der Waals surface area contributed by atoms with Gasteiger partial charge in [-0.15, -0.1) is 0 Å². The number of anilines is 1. The van der Waals surface area contributed by atoms with Crippen molar-refractivity contribution in [3.8, 4) is 5.75 Å². The van der Waals surface area contributed by atoms with Crippen LogP contribution in [0.3, 0.4) is 0 Å². The Morgan fingerprint density at radius 2 is 2.14 bits per heavy atom. The third kappa shape index (κ3) is 3.79. The summed E-state index contributed by atoms with van der Waals surface area (Å²) < 4.78 is 5.49. The van der Waals surface area contributed by atoms with E-state index in [9.17, 15) is 4.79 Å². The second-order valence-corrected chi connectivity index (χ2v) is 4.66. The number of carbonyl (C=O) groups is 1. The minimum absolute atomic E-state index is 0.196. The first-order valence-corrected chi connectivity index (χ1v) is 6.82. The Morgan fingerprint density at radius 1 is 1.33 bits per heavy atom. The van der Waals surface area contributed by atoms with Crippen LogP contribution in [0.1, 0.15) is 28.4 Å². The molecule has 5 nitrogen and oxygen atoms in total. The van der Waals surface area contributed by atoms with Gasteiger partial charge in [-0.2, -0.15) is 0 Å². The normalized spacial score (nSPS) is 10.2. The molecule has 0 unspecified atom stereocenters. The standard InChI is InChI=1S/C16H19N3O2/c1-3-21-15-5-4-14(7-12(15)8-17)19-16(20)13-6-11(2)9-18-10-13/h4-7,9-10H,3,8,17H2,1-2H3,(H,19,20). The summed E-state index contributed by atoms with van der Waals surface area (Å²) in [6.07, 6.45) is 3.25. The van der Waals surface area contributed by atoms with E-state index >= 15 is 0 Å². The summed E-state index contributed by atoms with van der Waals surface area (Å²) in [7, 11) is 0. The van der Waals surface area contributed by atoms with Gasteiger partial charge in [0.15, 0.2) is 0 Å². The van der Waals surface area contributed by atoms with E-state index in [1.165, 1.54) is 0 Å². The van der Waals surface area contributed by atoms with E-state index < -0.39 is 0 Å². The highest BCUT2D eigenvalue weighted by Crippen LogP contribution is 2.23. The first-order chi connectivity index (χ1) is 10.1. The van der Waals surface area contributed by atoms with Crippen molar-refractivity contribution in [2.75, 3.05) is 11.9 Å². The Bertz CT molecular complexity index is 641. The number of amides is 1. The van der Waals surface area contributed by atoms with Crippen molar-refractivity contribution in [3.63, 3.8) is 0 Å². The van der Waals surface area contributed by atoms with Crippen molar-refractivity contribution in [1.29, 1.82) is 0 Å². The molecule has 2 rings (SSSR count). The maximum Gasteiger partial charge on any atom is 0.257 e. The van der Waals surface area contributed by atoms with Gasteiger partial charge in [0.1, 0.15) is 5.75 Å². The van der Waals surface area contributed by atoms with Crippen LogP contribution >= 0.6 is 0 Å². The van der Waals surface area contributed by atoms with E-state index in [1.807, 2.05) is 26.0 Å². The van der Waals surface area contributed by atoms with Crippen LogP contribution in [0.2, 0.25) is 0 Å². The Kier molecular flexibility index (Phi) is 4.90. The number of aromatic nitrogens is 1. The zero-order valence-electron chi connectivity index (χ0n) is 12.2. The monoisotopic (exact) mass is 285 g/mol. The van der Waals surface area contributed by atoms with Crippen LogP contribution in [-0.4, -0.2) is 17.5 Å². The van der Waals surface area contributed by atoms with E-state index in [-0.39, 0.29) is 5.91 Å². The fourth-order valence-electron chi connectivity index (χ4n) is 2.00. The maximum absolute atomic E-state index is 12.2. The lowest BCUT2D eigenvalue weighted by atomic mass is 10.1. The largest absolute Gasteiger partial charge is 0.494 e. The van der Waals surface area contributed by atoms with Crippen molar-refractivity contribution >= 4 is 11.6 Å². The average Bonchev–Trinajstić information content (AvgIpc) is 2.49. The number of hydrogen-bond donors (Lipinski definition) is 2.